The molecule has 0 amide bonds. The van der Waals surface area contributed by atoms with Gasteiger partial charge in [-0.05, 0) is 74.7 Å². The van der Waals surface area contributed by atoms with Crippen molar-refractivity contribution in [2.24, 2.45) is 0 Å². The molecule has 0 aliphatic heterocycles. The third-order valence-electron chi connectivity index (χ3n) is 10.7. The summed E-state index contributed by atoms with van der Waals surface area (Å²) in [5.41, 5.74) is 17.7. The van der Waals surface area contributed by atoms with Crippen LogP contribution in [0.3, 0.4) is 0 Å². The Morgan fingerprint density at radius 3 is 1.74 bits per heavy atom. The fourth-order valence-corrected chi connectivity index (χ4v) is 8.36. The van der Waals surface area contributed by atoms with E-state index >= 15 is 0 Å². The molecule has 0 spiro atoms. The lowest BCUT2D eigenvalue weighted by Gasteiger charge is -2.29. The Kier molecular flexibility index (Phi) is 6.22. The topological polar surface area (TPSA) is 29.0 Å². The third-order valence-corrected chi connectivity index (χ3v) is 10.7. The second-order valence-electron chi connectivity index (χ2n) is 13.8. The molecule has 0 radical (unpaired) electrons. The van der Waals surface area contributed by atoms with Gasteiger partial charge in [-0.25, -0.2) is 0 Å². The number of rotatable bonds is 5. The monoisotopic (exact) mass is 639 g/mol. The molecule has 236 valence electrons. The maximum atomic E-state index is 4.69. The molecule has 1 heterocycles. The molecule has 0 saturated carbocycles. The fraction of sp³-hybridized carbons (Fsp3) is 0.0638. The molecule has 0 saturated heterocycles. The van der Waals surface area contributed by atoms with Gasteiger partial charge in [0.15, 0.2) is 0 Å². The van der Waals surface area contributed by atoms with Crippen LogP contribution in [-0.2, 0) is 5.41 Å². The Bertz CT molecular complexity index is 2570. The average Bonchev–Trinajstić information content (AvgIpc) is 3.63. The van der Waals surface area contributed by atoms with Gasteiger partial charge in [0.05, 0.1) is 17.1 Å². The zero-order chi connectivity index (χ0) is 33.4. The summed E-state index contributed by atoms with van der Waals surface area (Å²) in [7, 11) is 0. The zero-order valence-corrected chi connectivity index (χ0v) is 27.9. The maximum absolute atomic E-state index is 4.69. The molecule has 3 nitrogen and oxygen atoms in total. The highest BCUT2D eigenvalue weighted by atomic mass is 15.1. The summed E-state index contributed by atoms with van der Waals surface area (Å²) < 4.78 is 0. The highest BCUT2D eigenvalue weighted by molar-refractivity contribution is 6.17. The number of hydrogen-bond acceptors (Lipinski definition) is 3. The molecule has 1 aromatic heterocycles. The normalized spacial score (nSPS) is 13.2. The smallest absolute Gasteiger partial charge is 0.0971 e. The minimum Gasteiger partial charge on any atom is -0.310 e. The summed E-state index contributed by atoms with van der Waals surface area (Å²) in [5, 5.41) is 2.46. The van der Waals surface area contributed by atoms with E-state index in [0.717, 1.165) is 33.9 Å². The minimum atomic E-state index is -0.0882. The number of anilines is 3. The lowest BCUT2D eigenvalue weighted by atomic mass is 9.82. The van der Waals surface area contributed by atoms with Crippen LogP contribution >= 0.6 is 0 Å². The summed E-state index contributed by atoms with van der Waals surface area (Å²) >= 11 is 0. The molecular weight excluding hydrogens is 607 g/mol. The van der Waals surface area contributed by atoms with Crippen molar-refractivity contribution in [2.45, 2.75) is 19.3 Å². The molecule has 2 aliphatic carbocycles. The first-order valence-electron chi connectivity index (χ1n) is 17.2. The molecule has 0 bridgehead atoms. The van der Waals surface area contributed by atoms with E-state index in [9.17, 15) is 0 Å². The van der Waals surface area contributed by atoms with Crippen molar-refractivity contribution in [1.29, 1.82) is 0 Å². The zero-order valence-electron chi connectivity index (χ0n) is 27.9. The van der Waals surface area contributed by atoms with Gasteiger partial charge >= 0.3 is 0 Å². The van der Waals surface area contributed by atoms with Crippen molar-refractivity contribution in [3.05, 3.63) is 175 Å². The van der Waals surface area contributed by atoms with Gasteiger partial charge in [-0.15, -0.1) is 0 Å². The standard InChI is InChI=1S/C47H33N3/c1-47(2)40-15-7-6-12-37(40)44-41(47)16-9-17-42(44)50(33-22-18-31(19-23-33)30-10-4-3-5-11-30)34-24-20-32(21-25-34)35-26-27-39-43-36(35)13-8-14-38(43)45-46(39)49-29-28-48-45/h3-29H,1-2H3. The van der Waals surface area contributed by atoms with Crippen molar-refractivity contribution in [1.82, 2.24) is 9.97 Å². The van der Waals surface area contributed by atoms with Crippen molar-refractivity contribution in [3.63, 3.8) is 0 Å². The predicted molar refractivity (Wildman–Crippen MR) is 207 cm³/mol. The second kappa shape index (κ2) is 10.8. The Hall–Kier alpha value is -6.32. The number of nitrogens with zero attached hydrogens (tertiary/aromatic N) is 3. The van der Waals surface area contributed by atoms with Crippen LogP contribution < -0.4 is 4.90 Å². The summed E-state index contributed by atoms with van der Waals surface area (Å²) in [6.07, 6.45) is 3.57. The van der Waals surface area contributed by atoms with Crippen LogP contribution in [0.25, 0.3) is 66.7 Å². The van der Waals surface area contributed by atoms with E-state index < -0.39 is 0 Å². The van der Waals surface area contributed by atoms with E-state index in [4.69, 9.17) is 9.97 Å². The highest BCUT2D eigenvalue weighted by Crippen LogP contribution is 2.54. The molecule has 3 heteroatoms. The third kappa shape index (κ3) is 4.17. The van der Waals surface area contributed by atoms with Crippen LogP contribution in [0, 0.1) is 0 Å². The van der Waals surface area contributed by atoms with Crippen molar-refractivity contribution < 1.29 is 0 Å². The molecule has 2 aliphatic rings. The summed E-state index contributed by atoms with van der Waals surface area (Å²) in [6, 6.07) is 55.3. The first-order valence-corrected chi connectivity index (χ1v) is 17.2. The van der Waals surface area contributed by atoms with Crippen LogP contribution in [0.15, 0.2) is 164 Å². The van der Waals surface area contributed by atoms with Gasteiger partial charge in [0, 0.05) is 51.3 Å². The number of aromatic nitrogens is 2. The summed E-state index contributed by atoms with van der Waals surface area (Å²) in [4.78, 5) is 11.8. The van der Waals surface area contributed by atoms with E-state index in [1.54, 1.807) is 12.4 Å². The Morgan fingerprint density at radius 1 is 0.440 bits per heavy atom. The van der Waals surface area contributed by atoms with Crippen LogP contribution in [0.5, 0.6) is 0 Å². The van der Waals surface area contributed by atoms with Gasteiger partial charge in [0.2, 0.25) is 0 Å². The quantitative estimate of drug-likeness (QED) is 0.188. The molecular formula is C47H33N3. The predicted octanol–water partition coefficient (Wildman–Crippen LogP) is 12.4. The maximum Gasteiger partial charge on any atom is 0.0971 e. The highest BCUT2D eigenvalue weighted by Gasteiger charge is 2.37. The number of hydrogen-bond donors (Lipinski definition) is 0. The van der Waals surface area contributed by atoms with Gasteiger partial charge in [-0.2, -0.15) is 0 Å². The van der Waals surface area contributed by atoms with E-state index in [0.29, 0.717) is 0 Å². The van der Waals surface area contributed by atoms with E-state index in [1.165, 1.54) is 61.0 Å². The first-order chi connectivity index (χ1) is 24.6. The average molecular weight is 640 g/mol. The van der Waals surface area contributed by atoms with Gasteiger partial charge in [0.1, 0.15) is 0 Å². The molecule has 10 rings (SSSR count). The molecule has 8 aromatic rings. The summed E-state index contributed by atoms with van der Waals surface area (Å²) in [6.45, 7) is 4.69. The Morgan fingerprint density at radius 2 is 1.00 bits per heavy atom. The molecule has 0 atom stereocenters. The van der Waals surface area contributed by atoms with Crippen molar-refractivity contribution in [2.75, 3.05) is 4.90 Å². The van der Waals surface area contributed by atoms with Crippen LogP contribution in [0.2, 0.25) is 0 Å². The number of benzene rings is 7. The first kappa shape index (κ1) is 28.7. The Labute approximate surface area is 292 Å². The van der Waals surface area contributed by atoms with Crippen LogP contribution in [0.4, 0.5) is 17.1 Å². The lowest BCUT2D eigenvalue weighted by molar-refractivity contribution is 0.660. The largest absolute Gasteiger partial charge is 0.310 e. The fourth-order valence-electron chi connectivity index (χ4n) is 8.36. The summed E-state index contributed by atoms with van der Waals surface area (Å²) in [5.74, 6) is 0. The van der Waals surface area contributed by atoms with E-state index in [1.807, 2.05) is 0 Å². The van der Waals surface area contributed by atoms with E-state index in [-0.39, 0.29) is 5.41 Å². The SMILES string of the molecule is CC1(C)c2ccccc2-c2c(N(c3ccc(-c4ccccc4)cc3)c3ccc(-c4ccc5c6c(cccc46)-c4nccnc4-5)cc3)cccc21. The van der Waals surface area contributed by atoms with Crippen molar-refractivity contribution >= 4 is 27.8 Å². The Balaban J connectivity index is 1.12. The van der Waals surface area contributed by atoms with Crippen molar-refractivity contribution in [3.8, 4) is 55.9 Å². The van der Waals surface area contributed by atoms with Gasteiger partial charge in [0.25, 0.3) is 0 Å². The molecule has 50 heavy (non-hydrogen) atoms. The van der Waals surface area contributed by atoms with E-state index in [2.05, 4.69) is 170 Å². The molecule has 0 fully saturated rings. The van der Waals surface area contributed by atoms with Gasteiger partial charge < -0.3 is 4.90 Å². The molecule has 7 aromatic carbocycles. The number of fused-ring (bicyclic) bond motifs is 6. The molecule has 0 unspecified atom stereocenters. The van der Waals surface area contributed by atoms with Crippen LogP contribution in [-0.4, -0.2) is 9.97 Å². The lowest BCUT2D eigenvalue weighted by Crippen LogP contribution is -2.16. The van der Waals surface area contributed by atoms with Crippen LogP contribution in [0.1, 0.15) is 25.0 Å². The van der Waals surface area contributed by atoms with Gasteiger partial charge in [-0.1, -0.05) is 135 Å². The van der Waals surface area contributed by atoms with Gasteiger partial charge in [-0.3, -0.25) is 9.97 Å². The second-order valence-corrected chi connectivity index (χ2v) is 13.8. The minimum absolute atomic E-state index is 0.0882. The molecule has 0 N–H and O–H groups in total.